The van der Waals surface area contributed by atoms with Gasteiger partial charge in [-0.3, -0.25) is 0 Å². The van der Waals surface area contributed by atoms with Crippen LogP contribution in [0.3, 0.4) is 0 Å². The van der Waals surface area contributed by atoms with E-state index in [9.17, 15) is 0 Å². The molecule has 0 aliphatic carbocycles. The quantitative estimate of drug-likeness (QED) is 0.660. The largest absolute Gasteiger partial charge is 0.314 e. The van der Waals surface area contributed by atoms with Crippen molar-refractivity contribution in [2.24, 2.45) is 5.73 Å². The molecule has 21 heavy (non-hydrogen) atoms. The van der Waals surface area contributed by atoms with E-state index in [1.165, 1.54) is 0 Å². The lowest BCUT2D eigenvalue weighted by atomic mass is 9.77. The molecule has 2 aromatic carbocycles. The summed E-state index contributed by atoms with van der Waals surface area (Å²) in [5.41, 5.74) is 9.17. The fraction of sp³-hybridized carbons (Fsp3) is 0.100. The second kappa shape index (κ2) is 6.74. The molecule has 0 radical (unpaired) electrons. The van der Waals surface area contributed by atoms with Gasteiger partial charge in [-0.2, -0.15) is 0 Å². The lowest BCUT2D eigenvalue weighted by molar-refractivity contribution is 0.650. The van der Waals surface area contributed by atoms with Gasteiger partial charge >= 0.3 is 0 Å². The molecule has 0 unspecified atom stereocenters. The Morgan fingerprint density at radius 1 is 1.00 bits per heavy atom. The molecule has 0 spiro atoms. The maximum absolute atomic E-state index is 6.85. The predicted octanol–water partition coefficient (Wildman–Crippen LogP) is 4.02. The van der Waals surface area contributed by atoms with Crippen LogP contribution in [-0.4, -0.2) is 0 Å². The highest BCUT2D eigenvalue weighted by atomic mass is 14.8. The van der Waals surface area contributed by atoms with Crippen molar-refractivity contribution in [1.29, 1.82) is 0 Å². The molecule has 0 aliphatic rings. The molecule has 1 nitrogen and oxygen atoms in total. The summed E-state index contributed by atoms with van der Waals surface area (Å²) in [6.45, 7) is 1.98. The first-order valence-electron chi connectivity index (χ1n) is 6.93. The molecule has 0 bridgehead atoms. The minimum atomic E-state index is -0.718. The zero-order chi connectivity index (χ0) is 15.1. The average molecular weight is 273 g/mol. The number of benzene rings is 2. The van der Waals surface area contributed by atoms with Gasteiger partial charge in [0.25, 0.3) is 0 Å². The highest BCUT2D eigenvalue weighted by Gasteiger charge is 2.31. The second-order valence-electron chi connectivity index (χ2n) is 4.78. The molecule has 104 valence electrons. The fourth-order valence-electron chi connectivity index (χ4n) is 2.50. The van der Waals surface area contributed by atoms with E-state index in [0.29, 0.717) is 0 Å². The van der Waals surface area contributed by atoms with Crippen molar-refractivity contribution in [3.63, 3.8) is 0 Å². The first-order chi connectivity index (χ1) is 10.2. The molecule has 0 aromatic heterocycles. The Balaban J connectivity index is 2.66. The number of allylic oxidation sites excluding steroid dienone is 2. The molecule has 0 aliphatic heterocycles. The summed E-state index contributed by atoms with van der Waals surface area (Å²) in [6.07, 6.45) is 10.9. The summed E-state index contributed by atoms with van der Waals surface area (Å²) < 4.78 is 0. The summed E-state index contributed by atoms with van der Waals surface area (Å²) in [5, 5.41) is 0. The van der Waals surface area contributed by atoms with E-state index in [1.54, 1.807) is 6.08 Å². The van der Waals surface area contributed by atoms with E-state index in [-0.39, 0.29) is 0 Å². The van der Waals surface area contributed by atoms with E-state index in [1.807, 2.05) is 79.7 Å². The zero-order valence-electron chi connectivity index (χ0n) is 12.2. The van der Waals surface area contributed by atoms with Crippen LogP contribution >= 0.6 is 0 Å². The van der Waals surface area contributed by atoms with Gasteiger partial charge in [0.15, 0.2) is 0 Å². The first kappa shape index (κ1) is 14.8. The van der Waals surface area contributed by atoms with Crippen molar-refractivity contribution in [3.8, 4) is 12.3 Å². The monoisotopic (exact) mass is 273 g/mol. The zero-order valence-corrected chi connectivity index (χ0v) is 12.2. The maximum Gasteiger partial charge on any atom is 0.0919 e. The summed E-state index contributed by atoms with van der Waals surface area (Å²) in [6, 6.07) is 20.1. The van der Waals surface area contributed by atoms with Crippen LogP contribution in [0.1, 0.15) is 18.1 Å². The Hall–Kier alpha value is -2.56. The van der Waals surface area contributed by atoms with Crippen molar-refractivity contribution in [2.75, 3.05) is 0 Å². The SMILES string of the molecule is C#C/C=C\C(=C/C)C(N)(c1ccccc1)c1ccccc1. The van der Waals surface area contributed by atoms with Gasteiger partial charge in [-0.05, 0) is 35.8 Å². The average Bonchev–Trinajstić information content (AvgIpc) is 2.57. The van der Waals surface area contributed by atoms with E-state index >= 15 is 0 Å². The topological polar surface area (TPSA) is 26.0 Å². The maximum atomic E-state index is 6.85. The van der Waals surface area contributed by atoms with Gasteiger partial charge in [0, 0.05) is 0 Å². The van der Waals surface area contributed by atoms with Gasteiger partial charge in [-0.1, -0.05) is 72.7 Å². The molecule has 1 heteroatoms. The van der Waals surface area contributed by atoms with E-state index in [2.05, 4.69) is 5.92 Å². The lowest BCUT2D eigenvalue weighted by Gasteiger charge is -2.32. The summed E-state index contributed by atoms with van der Waals surface area (Å²) in [4.78, 5) is 0. The van der Waals surface area contributed by atoms with E-state index in [4.69, 9.17) is 12.2 Å². The van der Waals surface area contributed by atoms with Crippen LogP contribution in [0.5, 0.6) is 0 Å². The van der Waals surface area contributed by atoms with Crippen molar-refractivity contribution in [3.05, 3.63) is 95.6 Å². The van der Waals surface area contributed by atoms with Crippen LogP contribution in [-0.2, 0) is 5.54 Å². The molecular formula is C20H19N. The van der Waals surface area contributed by atoms with Crippen molar-refractivity contribution in [1.82, 2.24) is 0 Å². The van der Waals surface area contributed by atoms with E-state index in [0.717, 1.165) is 16.7 Å². The Bertz CT molecular complexity index is 633. The number of terminal acetylenes is 1. The Morgan fingerprint density at radius 3 is 1.86 bits per heavy atom. The van der Waals surface area contributed by atoms with Crippen LogP contribution in [0, 0.1) is 12.3 Å². The summed E-state index contributed by atoms with van der Waals surface area (Å²) in [5.74, 6) is 2.53. The molecular weight excluding hydrogens is 254 g/mol. The third kappa shape index (κ3) is 2.97. The van der Waals surface area contributed by atoms with Crippen LogP contribution in [0.25, 0.3) is 0 Å². The Kier molecular flexibility index (Phi) is 4.77. The van der Waals surface area contributed by atoms with Crippen LogP contribution in [0.15, 0.2) is 84.5 Å². The van der Waals surface area contributed by atoms with Crippen LogP contribution in [0.2, 0.25) is 0 Å². The fourth-order valence-corrected chi connectivity index (χ4v) is 2.50. The van der Waals surface area contributed by atoms with Crippen molar-refractivity contribution < 1.29 is 0 Å². The van der Waals surface area contributed by atoms with Crippen molar-refractivity contribution >= 4 is 0 Å². The van der Waals surface area contributed by atoms with Gasteiger partial charge in [-0.25, -0.2) is 0 Å². The van der Waals surface area contributed by atoms with Gasteiger partial charge in [0.1, 0.15) is 0 Å². The summed E-state index contributed by atoms with van der Waals surface area (Å²) >= 11 is 0. The number of hydrogen-bond donors (Lipinski definition) is 1. The molecule has 0 saturated carbocycles. The Morgan fingerprint density at radius 2 is 1.48 bits per heavy atom. The lowest BCUT2D eigenvalue weighted by Crippen LogP contribution is -2.39. The number of hydrogen-bond acceptors (Lipinski definition) is 1. The predicted molar refractivity (Wildman–Crippen MR) is 89.6 cm³/mol. The molecule has 0 saturated heterocycles. The Labute approximate surface area is 126 Å². The second-order valence-corrected chi connectivity index (χ2v) is 4.78. The standard InChI is InChI=1S/C20H19N/c1-3-5-12-17(4-2)20(21,18-13-8-6-9-14-18)19-15-10-7-11-16-19/h1,4-16H,21H2,2H3/b12-5-,17-4+. The molecule has 2 N–H and O–H groups in total. The number of rotatable bonds is 4. The van der Waals surface area contributed by atoms with Gasteiger partial charge in [0.05, 0.1) is 5.54 Å². The third-order valence-electron chi connectivity index (χ3n) is 3.58. The molecule has 0 atom stereocenters. The number of nitrogens with two attached hydrogens (primary N) is 1. The third-order valence-corrected chi connectivity index (χ3v) is 3.58. The minimum absolute atomic E-state index is 0.718. The van der Waals surface area contributed by atoms with Gasteiger partial charge in [-0.15, -0.1) is 6.42 Å². The molecule has 0 amide bonds. The highest BCUT2D eigenvalue weighted by Crippen LogP contribution is 2.34. The van der Waals surface area contributed by atoms with E-state index < -0.39 is 5.54 Å². The first-order valence-corrected chi connectivity index (χ1v) is 6.93. The molecule has 2 aromatic rings. The highest BCUT2D eigenvalue weighted by molar-refractivity contribution is 5.51. The summed E-state index contributed by atoms with van der Waals surface area (Å²) in [7, 11) is 0. The minimum Gasteiger partial charge on any atom is -0.314 e. The molecule has 0 heterocycles. The van der Waals surface area contributed by atoms with Crippen LogP contribution in [0.4, 0.5) is 0 Å². The molecule has 2 rings (SSSR count). The van der Waals surface area contributed by atoms with Crippen molar-refractivity contribution in [2.45, 2.75) is 12.5 Å². The normalized spacial score (nSPS) is 12.3. The smallest absolute Gasteiger partial charge is 0.0919 e. The molecule has 0 fully saturated rings. The van der Waals surface area contributed by atoms with Gasteiger partial charge < -0.3 is 5.73 Å². The van der Waals surface area contributed by atoms with Gasteiger partial charge in [0.2, 0.25) is 0 Å². The van der Waals surface area contributed by atoms with Crippen LogP contribution < -0.4 is 5.73 Å².